The molecule has 172 valence electrons. The zero-order chi connectivity index (χ0) is 22.6. The van der Waals surface area contributed by atoms with Crippen molar-refractivity contribution in [3.63, 3.8) is 0 Å². The third kappa shape index (κ3) is 5.17. The van der Waals surface area contributed by atoms with Gasteiger partial charge in [-0.1, -0.05) is 53.7 Å². The average Bonchev–Trinajstić information content (AvgIpc) is 3.53. The van der Waals surface area contributed by atoms with E-state index in [1.807, 2.05) is 15.8 Å². The van der Waals surface area contributed by atoms with Crippen molar-refractivity contribution >= 4 is 5.91 Å². The number of carbonyl (C=O) groups excluding carboxylic acids is 1. The Bertz CT molecular complexity index is 1080. The molecule has 2 saturated heterocycles. The highest BCUT2D eigenvalue weighted by molar-refractivity contribution is 5.92. The molecule has 2 aromatic carbocycles. The summed E-state index contributed by atoms with van der Waals surface area (Å²) in [4.78, 5) is 17.0. The molecule has 1 amide bonds. The van der Waals surface area contributed by atoms with Gasteiger partial charge in [0.2, 0.25) is 0 Å². The molecule has 1 aromatic heterocycles. The minimum absolute atomic E-state index is 0.0261. The van der Waals surface area contributed by atoms with Gasteiger partial charge in [0.1, 0.15) is 0 Å². The highest BCUT2D eigenvalue weighted by Gasteiger charge is 2.24. The standard InChI is InChI=1S/C27H33N5O/c1-21-7-2-3-9-25(21)24-12-10-22(11-13-24)17-30-14-6-8-23(18-30)19-32-20-26(28-29-32)27(33)31-15-4-5-16-31/h2-3,7,9-13,20,23H,4-6,8,14-19H2,1H3. The molecule has 3 aromatic rings. The van der Waals surface area contributed by atoms with Crippen LogP contribution < -0.4 is 0 Å². The number of amides is 1. The molecule has 0 N–H and O–H groups in total. The number of hydrogen-bond acceptors (Lipinski definition) is 4. The molecule has 6 heteroatoms. The van der Waals surface area contributed by atoms with Crippen molar-refractivity contribution in [1.82, 2.24) is 24.8 Å². The second kappa shape index (κ2) is 9.87. The van der Waals surface area contributed by atoms with E-state index in [-0.39, 0.29) is 5.91 Å². The van der Waals surface area contributed by atoms with Gasteiger partial charge in [-0.05, 0) is 67.3 Å². The molecule has 3 heterocycles. The summed E-state index contributed by atoms with van der Waals surface area (Å²) in [5.74, 6) is 0.555. The summed E-state index contributed by atoms with van der Waals surface area (Å²) in [5, 5.41) is 8.42. The number of nitrogens with zero attached hydrogens (tertiary/aromatic N) is 5. The molecule has 0 saturated carbocycles. The van der Waals surface area contributed by atoms with Crippen molar-refractivity contribution in [2.24, 2.45) is 5.92 Å². The molecule has 1 unspecified atom stereocenters. The summed E-state index contributed by atoms with van der Waals surface area (Å²) in [6.07, 6.45) is 6.40. The van der Waals surface area contributed by atoms with Crippen LogP contribution in [0.25, 0.3) is 11.1 Å². The first-order valence-electron chi connectivity index (χ1n) is 12.2. The number of benzene rings is 2. The van der Waals surface area contributed by atoms with Crippen LogP contribution in [-0.2, 0) is 13.1 Å². The summed E-state index contributed by atoms with van der Waals surface area (Å²) in [6, 6.07) is 17.6. The summed E-state index contributed by atoms with van der Waals surface area (Å²) in [7, 11) is 0. The van der Waals surface area contributed by atoms with Crippen LogP contribution in [0.3, 0.4) is 0 Å². The Balaban J connectivity index is 1.17. The Kier molecular flexibility index (Phi) is 6.53. The van der Waals surface area contributed by atoms with Crippen molar-refractivity contribution in [3.8, 4) is 11.1 Å². The van der Waals surface area contributed by atoms with E-state index in [9.17, 15) is 4.79 Å². The zero-order valence-electron chi connectivity index (χ0n) is 19.5. The van der Waals surface area contributed by atoms with Gasteiger partial charge in [0, 0.05) is 32.7 Å². The Morgan fingerprint density at radius 2 is 1.79 bits per heavy atom. The van der Waals surface area contributed by atoms with Crippen LogP contribution >= 0.6 is 0 Å². The maximum atomic E-state index is 12.5. The summed E-state index contributed by atoms with van der Waals surface area (Å²) < 4.78 is 1.87. The number of rotatable bonds is 6. The third-order valence-electron chi connectivity index (χ3n) is 7.02. The molecule has 1 atom stereocenters. The van der Waals surface area contributed by atoms with Crippen molar-refractivity contribution in [2.45, 2.75) is 45.7 Å². The van der Waals surface area contributed by atoms with Gasteiger partial charge in [0.15, 0.2) is 5.69 Å². The van der Waals surface area contributed by atoms with Crippen LogP contribution in [0.1, 0.15) is 47.3 Å². The Hall–Kier alpha value is -2.99. The molecule has 0 bridgehead atoms. The molecule has 0 spiro atoms. The smallest absolute Gasteiger partial charge is 0.276 e. The number of aromatic nitrogens is 3. The molecule has 2 fully saturated rings. The van der Waals surface area contributed by atoms with E-state index in [4.69, 9.17) is 0 Å². The van der Waals surface area contributed by atoms with Crippen molar-refractivity contribution in [1.29, 1.82) is 0 Å². The summed E-state index contributed by atoms with van der Waals surface area (Å²) >= 11 is 0. The Morgan fingerprint density at radius 1 is 1.00 bits per heavy atom. The molecular weight excluding hydrogens is 410 g/mol. The van der Waals surface area contributed by atoms with Gasteiger partial charge in [0.05, 0.1) is 6.20 Å². The molecular formula is C27H33N5O. The fourth-order valence-corrected chi connectivity index (χ4v) is 5.22. The minimum Gasteiger partial charge on any atom is -0.337 e. The van der Waals surface area contributed by atoms with Crippen molar-refractivity contribution in [2.75, 3.05) is 26.2 Å². The number of aryl methyl sites for hydroxylation is 1. The molecule has 5 rings (SSSR count). The first-order valence-corrected chi connectivity index (χ1v) is 12.2. The topological polar surface area (TPSA) is 54.3 Å². The lowest BCUT2D eigenvalue weighted by Gasteiger charge is -2.32. The fourth-order valence-electron chi connectivity index (χ4n) is 5.22. The van der Waals surface area contributed by atoms with E-state index in [1.165, 1.54) is 35.1 Å². The van der Waals surface area contributed by atoms with E-state index in [0.717, 1.165) is 52.1 Å². The SMILES string of the molecule is Cc1ccccc1-c1ccc(CN2CCCC(Cn3cc(C(=O)N4CCCC4)nn3)C2)cc1. The van der Waals surface area contributed by atoms with E-state index < -0.39 is 0 Å². The fraction of sp³-hybridized carbons (Fsp3) is 0.444. The lowest BCUT2D eigenvalue weighted by molar-refractivity contribution is 0.0787. The lowest BCUT2D eigenvalue weighted by atomic mass is 9.97. The predicted octanol–water partition coefficient (Wildman–Crippen LogP) is 4.40. The van der Waals surface area contributed by atoms with Crippen LogP contribution in [-0.4, -0.2) is 56.9 Å². The molecule has 0 aliphatic carbocycles. The molecule has 6 nitrogen and oxygen atoms in total. The average molecular weight is 444 g/mol. The summed E-state index contributed by atoms with van der Waals surface area (Å²) in [6.45, 7) is 7.83. The number of carbonyl (C=O) groups is 1. The van der Waals surface area contributed by atoms with Gasteiger partial charge < -0.3 is 4.90 Å². The van der Waals surface area contributed by atoms with Gasteiger partial charge in [-0.2, -0.15) is 0 Å². The Morgan fingerprint density at radius 3 is 2.58 bits per heavy atom. The van der Waals surface area contributed by atoms with Crippen molar-refractivity contribution in [3.05, 3.63) is 71.5 Å². The van der Waals surface area contributed by atoms with Gasteiger partial charge in [-0.25, -0.2) is 0 Å². The molecule has 33 heavy (non-hydrogen) atoms. The summed E-state index contributed by atoms with van der Waals surface area (Å²) in [5.41, 5.74) is 5.73. The second-order valence-electron chi connectivity index (χ2n) is 9.58. The normalized spacial score (nSPS) is 19.2. The van der Waals surface area contributed by atoms with Gasteiger partial charge in [-0.15, -0.1) is 5.10 Å². The van der Waals surface area contributed by atoms with Gasteiger partial charge in [-0.3, -0.25) is 14.4 Å². The monoisotopic (exact) mass is 443 g/mol. The zero-order valence-corrected chi connectivity index (χ0v) is 19.5. The van der Waals surface area contributed by atoms with E-state index in [0.29, 0.717) is 11.6 Å². The van der Waals surface area contributed by atoms with Gasteiger partial charge >= 0.3 is 0 Å². The first kappa shape index (κ1) is 21.8. The number of piperidine rings is 1. The van der Waals surface area contributed by atoms with Crippen LogP contribution in [0.5, 0.6) is 0 Å². The molecule has 2 aliphatic rings. The first-order chi connectivity index (χ1) is 16.2. The van der Waals surface area contributed by atoms with Crippen molar-refractivity contribution < 1.29 is 4.79 Å². The van der Waals surface area contributed by atoms with E-state index >= 15 is 0 Å². The molecule has 2 aliphatic heterocycles. The Labute approximate surface area is 196 Å². The predicted molar refractivity (Wildman–Crippen MR) is 130 cm³/mol. The maximum Gasteiger partial charge on any atom is 0.276 e. The highest BCUT2D eigenvalue weighted by atomic mass is 16.2. The minimum atomic E-state index is 0.0261. The van der Waals surface area contributed by atoms with E-state index in [2.05, 4.69) is 70.7 Å². The second-order valence-corrected chi connectivity index (χ2v) is 9.58. The molecule has 0 radical (unpaired) electrons. The maximum absolute atomic E-state index is 12.5. The third-order valence-corrected chi connectivity index (χ3v) is 7.02. The number of likely N-dealkylation sites (tertiary alicyclic amines) is 2. The highest BCUT2D eigenvalue weighted by Crippen LogP contribution is 2.25. The largest absolute Gasteiger partial charge is 0.337 e. The van der Waals surface area contributed by atoms with E-state index in [1.54, 1.807) is 0 Å². The lowest BCUT2D eigenvalue weighted by Crippen LogP contribution is -2.36. The van der Waals surface area contributed by atoms with Crippen LogP contribution in [0.2, 0.25) is 0 Å². The van der Waals surface area contributed by atoms with Crippen LogP contribution in [0.15, 0.2) is 54.7 Å². The van der Waals surface area contributed by atoms with Gasteiger partial charge in [0.25, 0.3) is 5.91 Å². The quantitative estimate of drug-likeness (QED) is 0.567. The number of hydrogen-bond donors (Lipinski definition) is 0. The van der Waals surface area contributed by atoms with Crippen LogP contribution in [0.4, 0.5) is 0 Å². The van der Waals surface area contributed by atoms with Crippen LogP contribution in [0, 0.1) is 12.8 Å².